The molecule has 0 radical (unpaired) electrons. The predicted octanol–water partition coefficient (Wildman–Crippen LogP) is 3.35. The molecule has 0 saturated heterocycles. The van der Waals surface area contributed by atoms with E-state index in [0.29, 0.717) is 12.2 Å². The van der Waals surface area contributed by atoms with Crippen LogP contribution in [-0.4, -0.2) is 5.78 Å². The molecule has 0 amide bonds. The van der Waals surface area contributed by atoms with Crippen molar-refractivity contribution in [2.45, 2.75) is 46.0 Å². The highest BCUT2D eigenvalue weighted by Crippen LogP contribution is 2.16. The van der Waals surface area contributed by atoms with Gasteiger partial charge in [-0.2, -0.15) is 0 Å². The van der Waals surface area contributed by atoms with E-state index in [9.17, 15) is 4.79 Å². The summed E-state index contributed by atoms with van der Waals surface area (Å²) in [6.07, 6.45) is 6.55. The number of rotatable bonds is 7. The fraction of sp³-hybridized carbons (Fsp3) is 0.727. The second-order valence-electron chi connectivity index (χ2n) is 3.23. The van der Waals surface area contributed by atoms with Gasteiger partial charge >= 0.3 is 0 Å². The van der Waals surface area contributed by atoms with Crippen molar-refractivity contribution < 1.29 is 4.79 Å². The Morgan fingerprint density at radius 2 is 1.83 bits per heavy atom. The van der Waals surface area contributed by atoms with Crippen LogP contribution in [-0.2, 0) is 4.79 Å². The Morgan fingerprint density at radius 1 is 1.33 bits per heavy atom. The third-order valence-electron chi connectivity index (χ3n) is 2.08. The minimum Gasteiger partial charge on any atom is -0.299 e. The van der Waals surface area contributed by atoms with E-state index in [1.807, 2.05) is 0 Å². The lowest BCUT2D eigenvalue weighted by Gasteiger charge is -2.12. The van der Waals surface area contributed by atoms with Gasteiger partial charge in [-0.3, -0.25) is 4.79 Å². The fourth-order valence-electron chi connectivity index (χ4n) is 1.47. The number of carbonyl (C=O) groups is 1. The topological polar surface area (TPSA) is 17.1 Å². The van der Waals surface area contributed by atoms with Gasteiger partial charge in [-0.05, 0) is 12.8 Å². The smallest absolute Gasteiger partial charge is 0.139 e. The monoisotopic (exact) mass is 168 g/mol. The molecule has 0 heterocycles. The molecule has 12 heavy (non-hydrogen) atoms. The first kappa shape index (κ1) is 11.4. The van der Waals surface area contributed by atoms with Gasteiger partial charge in [0, 0.05) is 12.3 Å². The molecule has 0 spiro atoms. The van der Waals surface area contributed by atoms with Crippen molar-refractivity contribution in [1.29, 1.82) is 0 Å². The molecule has 0 N–H and O–H groups in total. The molecule has 0 aliphatic carbocycles. The average molecular weight is 168 g/mol. The molecule has 0 atom stereocenters. The molecule has 1 nitrogen and oxygen atoms in total. The highest BCUT2D eigenvalue weighted by molar-refractivity contribution is 5.82. The molecule has 0 aliphatic rings. The number of allylic oxidation sites excluding steroid dienone is 1. The van der Waals surface area contributed by atoms with E-state index < -0.39 is 0 Å². The zero-order valence-electron chi connectivity index (χ0n) is 8.31. The summed E-state index contributed by atoms with van der Waals surface area (Å²) < 4.78 is 0. The number of carbonyl (C=O) groups excluding carboxylic acids is 1. The van der Waals surface area contributed by atoms with Crippen molar-refractivity contribution in [2.75, 3.05) is 0 Å². The lowest BCUT2D eigenvalue weighted by molar-refractivity contribution is -0.122. The van der Waals surface area contributed by atoms with Gasteiger partial charge in [-0.1, -0.05) is 32.8 Å². The molecule has 0 fully saturated rings. The maximum atomic E-state index is 11.5. The van der Waals surface area contributed by atoms with Crippen LogP contribution in [0, 0.1) is 5.92 Å². The van der Waals surface area contributed by atoms with Crippen molar-refractivity contribution in [3.05, 3.63) is 12.7 Å². The maximum Gasteiger partial charge on any atom is 0.139 e. The molecular weight excluding hydrogens is 148 g/mol. The summed E-state index contributed by atoms with van der Waals surface area (Å²) in [5.74, 6) is 0.659. The van der Waals surface area contributed by atoms with Gasteiger partial charge in [0.15, 0.2) is 0 Å². The van der Waals surface area contributed by atoms with Gasteiger partial charge in [0.25, 0.3) is 0 Å². The van der Waals surface area contributed by atoms with Gasteiger partial charge in [-0.15, -0.1) is 6.58 Å². The molecule has 70 valence electrons. The second-order valence-corrected chi connectivity index (χ2v) is 3.23. The highest BCUT2D eigenvalue weighted by atomic mass is 16.1. The van der Waals surface area contributed by atoms with Gasteiger partial charge < -0.3 is 0 Å². The minimum atomic E-state index is 0.290. The van der Waals surface area contributed by atoms with E-state index in [2.05, 4.69) is 20.4 Å². The van der Waals surface area contributed by atoms with Crippen molar-refractivity contribution in [2.24, 2.45) is 5.92 Å². The molecule has 0 unspecified atom stereocenters. The van der Waals surface area contributed by atoms with Crippen LogP contribution in [0.1, 0.15) is 46.0 Å². The Morgan fingerprint density at radius 3 is 2.17 bits per heavy atom. The normalized spacial score (nSPS) is 10.2. The van der Waals surface area contributed by atoms with Crippen LogP contribution in [0.15, 0.2) is 12.7 Å². The predicted molar refractivity (Wildman–Crippen MR) is 53.1 cm³/mol. The zero-order chi connectivity index (χ0) is 9.40. The summed E-state index contributed by atoms with van der Waals surface area (Å²) in [4.78, 5) is 11.5. The van der Waals surface area contributed by atoms with E-state index in [1.165, 1.54) is 0 Å². The number of hydrogen-bond donors (Lipinski definition) is 0. The van der Waals surface area contributed by atoms with Crippen molar-refractivity contribution >= 4 is 5.78 Å². The van der Waals surface area contributed by atoms with Crippen LogP contribution in [0.25, 0.3) is 0 Å². The van der Waals surface area contributed by atoms with E-state index in [1.54, 1.807) is 6.08 Å². The lowest BCUT2D eigenvalue weighted by atomic mass is 9.92. The summed E-state index contributed by atoms with van der Waals surface area (Å²) in [6, 6.07) is 0. The van der Waals surface area contributed by atoms with Crippen LogP contribution in [0.5, 0.6) is 0 Å². The van der Waals surface area contributed by atoms with Crippen LogP contribution in [0.3, 0.4) is 0 Å². The van der Waals surface area contributed by atoms with E-state index in [-0.39, 0.29) is 5.92 Å². The molecule has 0 aromatic carbocycles. The Kier molecular flexibility index (Phi) is 6.73. The largest absolute Gasteiger partial charge is 0.299 e. The molecule has 0 saturated carbocycles. The van der Waals surface area contributed by atoms with E-state index >= 15 is 0 Å². The summed E-state index contributed by atoms with van der Waals surface area (Å²) in [5.41, 5.74) is 0. The average Bonchev–Trinajstić information content (AvgIpc) is 2.04. The Balaban J connectivity index is 3.89. The van der Waals surface area contributed by atoms with Gasteiger partial charge in [0.05, 0.1) is 0 Å². The first-order valence-corrected chi connectivity index (χ1v) is 4.89. The van der Waals surface area contributed by atoms with Crippen molar-refractivity contribution in [1.82, 2.24) is 0 Å². The van der Waals surface area contributed by atoms with Crippen LogP contribution in [0.4, 0.5) is 0 Å². The first-order chi connectivity index (χ1) is 5.76. The summed E-state index contributed by atoms with van der Waals surface area (Å²) in [7, 11) is 0. The lowest BCUT2D eigenvalue weighted by Crippen LogP contribution is -2.13. The fourth-order valence-corrected chi connectivity index (χ4v) is 1.47. The molecule has 0 aliphatic heterocycles. The molecule has 1 heteroatoms. The Labute approximate surface area is 75.9 Å². The summed E-state index contributed by atoms with van der Waals surface area (Å²) in [6.45, 7) is 7.84. The molecule has 0 rings (SSSR count). The third-order valence-corrected chi connectivity index (χ3v) is 2.08. The Bertz CT molecular complexity index is 132. The van der Waals surface area contributed by atoms with E-state index in [0.717, 1.165) is 25.7 Å². The number of hydrogen-bond acceptors (Lipinski definition) is 1. The van der Waals surface area contributed by atoms with Crippen LogP contribution in [0.2, 0.25) is 0 Å². The third kappa shape index (κ3) is 4.32. The van der Waals surface area contributed by atoms with E-state index in [4.69, 9.17) is 0 Å². The van der Waals surface area contributed by atoms with Crippen molar-refractivity contribution in [3.63, 3.8) is 0 Å². The van der Waals surface area contributed by atoms with Gasteiger partial charge in [0.1, 0.15) is 5.78 Å². The summed E-state index contributed by atoms with van der Waals surface area (Å²) in [5, 5.41) is 0. The number of ketones is 1. The quantitative estimate of drug-likeness (QED) is 0.533. The van der Waals surface area contributed by atoms with Crippen LogP contribution < -0.4 is 0 Å². The SMILES string of the molecule is C=CCC(=O)C(CCC)CCC. The van der Waals surface area contributed by atoms with Gasteiger partial charge in [0.2, 0.25) is 0 Å². The Hall–Kier alpha value is -0.590. The number of Topliss-reactive ketones (excluding diaryl/α,β-unsaturated/α-hetero) is 1. The minimum absolute atomic E-state index is 0.290. The zero-order valence-corrected chi connectivity index (χ0v) is 8.31. The second kappa shape index (κ2) is 7.08. The van der Waals surface area contributed by atoms with Gasteiger partial charge in [-0.25, -0.2) is 0 Å². The highest BCUT2D eigenvalue weighted by Gasteiger charge is 2.14. The maximum absolute atomic E-state index is 11.5. The molecule has 0 aromatic heterocycles. The first-order valence-electron chi connectivity index (χ1n) is 4.89. The van der Waals surface area contributed by atoms with Crippen molar-refractivity contribution in [3.8, 4) is 0 Å². The molecule has 0 aromatic rings. The standard InChI is InChI=1S/C11H20O/c1-4-7-10(8-5-2)11(12)9-6-3/h6,10H,3-5,7-9H2,1-2H3. The summed E-state index contributed by atoms with van der Waals surface area (Å²) >= 11 is 0. The van der Waals surface area contributed by atoms with Crippen LogP contribution >= 0.6 is 0 Å². The molecule has 0 bridgehead atoms. The molecular formula is C11H20O.